The number of Topliss-reactive ketones (excluding diaryl/α,β-unsaturated/α-hetero) is 1. The van der Waals surface area contributed by atoms with Crippen LogP contribution in [0, 0.1) is 5.41 Å². The maximum Gasteiger partial charge on any atom is 0.320 e. The monoisotopic (exact) mass is 202 g/mol. The Hall–Kier alpha value is -0.510. The van der Waals surface area contributed by atoms with Gasteiger partial charge < -0.3 is 4.74 Å². The summed E-state index contributed by atoms with van der Waals surface area (Å²) in [5.74, 6) is 1.08. The van der Waals surface area contributed by atoms with E-state index in [9.17, 15) is 9.59 Å². The van der Waals surface area contributed by atoms with Crippen LogP contribution in [0.3, 0.4) is 0 Å². The quantitative estimate of drug-likeness (QED) is 0.499. The van der Waals surface area contributed by atoms with E-state index in [1.807, 2.05) is 6.92 Å². The number of ether oxygens (including phenoxy) is 1. The summed E-state index contributed by atoms with van der Waals surface area (Å²) in [5.41, 5.74) is -0.850. The van der Waals surface area contributed by atoms with Gasteiger partial charge in [0, 0.05) is 17.9 Å². The first kappa shape index (κ1) is 10.6. The van der Waals surface area contributed by atoms with Crippen LogP contribution < -0.4 is 0 Å². The zero-order valence-corrected chi connectivity index (χ0v) is 8.78. The minimum Gasteiger partial charge on any atom is -0.468 e. The number of rotatable bonds is 2. The number of carbonyl (C=O) groups excluding carboxylic acids is 2. The maximum absolute atomic E-state index is 11.6. The molecular weight excluding hydrogens is 188 g/mol. The van der Waals surface area contributed by atoms with Gasteiger partial charge in [-0.2, -0.15) is 11.8 Å². The van der Waals surface area contributed by atoms with Crippen molar-refractivity contribution >= 4 is 23.5 Å². The molecule has 0 amide bonds. The Morgan fingerprint density at radius 1 is 1.69 bits per heavy atom. The molecule has 1 fully saturated rings. The van der Waals surface area contributed by atoms with Gasteiger partial charge in [0.25, 0.3) is 0 Å². The number of carbonyl (C=O) groups is 2. The second-order valence-electron chi connectivity index (χ2n) is 3.15. The molecule has 1 saturated heterocycles. The first-order valence-corrected chi connectivity index (χ1v) is 5.52. The molecule has 1 rings (SSSR count). The molecule has 1 atom stereocenters. The van der Waals surface area contributed by atoms with Gasteiger partial charge in [0.15, 0.2) is 5.78 Å². The van der Waals surface area contributed by atoms with Crippen LogP contribution in [0.4, 0.5) is 0 Å². The van der Waals surface area contributed by atoms with Gasteiger partial charge in [-0.15, -0.1) is 0 Å². The third-order valence-electron chi connectivity index (χ3n) is 2.54. The van der Waals surface area contributed by atoms with Gasteiger partial charge >= 0.3 is 5.97 Å². The molecule has 0 aromatic rings. The van der Waals surface area contributed by atoms with Crippen molar-refractivity contribution in [3.63, 3.8) is 0 Å². The predicted molar refractivity (Wildman–Crippen MR) is 51.7 cm³/mol. The van der Waals surface area contributed by atoms with Crippen molar-refractivity contribution in [3.05, 3.63) is 0 Å². The smallest absolute Gasteiger partial charge is 0.320 e. The van der Waals surface area contributed by atoms with Crippen LogP contribution in [0.2, 0.25) is 0 Å². The lowest BCUT2D eigenvalue weighted by Crippen LogP contribution is -2.44. The molecule has 13 heavy (non-hydrogen) atoms. The third-order valence-corrected chi connectivity index (χ3v) is 3.73. The van der Waals surface area contributed by atoms with Crippen LogP contribution in [0.5, 0.6) is 0 Å². The Kier molecular flexibility index (Phi) is 3.36. The van der Waals surface area contributed by atoms with Gasteiger partial charge in [0.2, 0.25) is 0 Å². The Morgan fingerprint density at radius 3 is 2.85 bits per heavy atom. The fourth-order valence-corrected chi connectivity index (χ4v) is 2.85. The van der Waals surface area contributed by atoms with Gasteiger partial charge in [0.05, 0.1) is 7.11 Å². The van der Waals surface area contributed by atoms with Gasteiger partial charge in [-0.25, -0.2) is 0 Å². The average molecular weight is 202 g/mol. The molecule has 4 heteroatoms. The Labute approximate surface area is 82.2 Å². The fraction of sp³-hybridized carbons (Fsp3) is 0.778. The van der Waals surface area contributed by atoms with E-state index >= 15 is 0 Å². The molecular formula is C9H14O3S. The maximum atomic E-state index is 11.6. The van der Waals surface area contributed by atoms with Gasteiger partial charge in [-0.1, -0.05) is 6.92 Å². The summed E-state index contributed by atoms with van der Waals surface area (Å²) in [6.07, 6.45) is 1.04. The number of hydrogen-bond acceptors (Lipinski definition) is 4. The summed E-state index contributed by atoms with van der Waals surface area (Å²) in [6, 6.07) is 0. The second kappa shape index (κ2) is 4.13. The highest BCUT2D eigenvalue weighted by Gasteiger charge is 2.46. The molecule has 0 saturated carbocycles. The lowest BCUT2D eigenvalue weighted by atomic mass is 9.81. The molecule has 1 aliphatic heterocycles. The molecule has 1 heterocycles. The molecule has 1 unspecified atom stereocenters. The van der Waals surface area contributed by atoms with E-state index in [4.69, 9.17) is 0 Å². The van der Waals surface area contributed by atoms with Crippen molar-refractivity contribution in [2.45, 2.75) is 19.8 Å². The lowest BCUT2D eigenvalue weighted by molar-refractivity contribution is -0.156. The van der Waals surface area contributed by atoms with Crippen molar-refractivity contribution in [3.8, 4) is 0 Å². The van der Waals surface area contributed by atoms with Crippen molar-refractivity contribution in [1.29, 1.82) is 0 Å². The summed E-state index contributed by atoms with van der Waals surface area (Å²) in [6.45, 7) is 1.86. The lowest BCUT2D eigenvalue weighted by Gasteiger charge is -2.31. The molecule has 0 N–H and O–H groups in total. The first-order valence-electron chi connectivity index (χ1n) is 4.37. The van der Waals surface area contributed by atoms with Crippen LogP contribution in [-0.4, -0.2) is 30.4 Å². The summed E-state index contributed by atoms with van der Waals surface area (Å²) in [5, 5.41) is 0. The van der Waals surface area contributed by atoms with E-state index in [1.165, 1.54) is 7.11 Å². The van der Waals surface area contributed by atoms with Crippen molar-refractivity contribution < 1.29 is 14.3 Å². The van der Waals surface area contributed by atoms with E-state index in [0.717, 1.165) is 5.75 Å². The predicted octanol–water partition coefficient (Wildman–Crippen LogP) is 1.26. The Morgan fingerprint density at radius 2 is 2.38 bits per heavy atom. The number of ketones is 1. The van der Waals surface area contributed by atoms with Gasteiger partial charge in [-0.3, -0.25) is 9.59 Å². The summed E-state index contributed by atoms with van der Waals surface area (Å²) in [7, 11) is 1.34. The minimum absolute atomic E-state index is 0.0422. The standard InChI is InChI=1S/C9H14O3S/c1-3-9(8(11)12-2)6-13-5-4-7(9)10/h3-6H2,1-2H3. The van der Waals surface area contributed by atoms with Gasteiger partial charge in [-0.05, 0) is 6.42 Å². The van der Waals surface area contributed by atoms with E-state index in [-0.39, 0.29) is 11.8 Å². The molecule has 0 bridgehead atoms. The van der Waals surface area contributed by atoms with Crippen molar-refractivity contribution in [2.24, 2.45) is 5.41 Å². The summed E-state index contributed by atoms with van der Waals surface area (Å²) >= 11 is 1.65. The molecule has 74 valence electrons. The normalized spacial score (nSPS) is 28.6. The van der Waals surface area contributed by atoms with E-state index < -0.39 is 5.41 Å². The Balaban J connectivity index is 2.88. The van der Waals surface area contributed by atoms with Crippen LogP contribution in [-0.2, 0) is 14.3 Å². The highest BCUT2D eigenvalue weighted by molar-refractivity contribution is 7.99. The highest BCUT2D eigenvalue weighted by atomic mass is 32.2. The number of thioether (sulfide) groups is 1. The summed E-state index contributed by atoms with van der Waals surface area (Å²) in [4.78, 5) is 23.1. The fourth-order valence-electron chi connectivity index (χ4n) is 1.54. The molecule has 1 aliphatic rings. The largest absolute Gasteiger partial charge is 0.468 e. The van der Waals surface area contributed by atoms with Crippen LogP contribution in [0.1, 0.15) is 19.8 Å². The highest BCUT2D eigenvalue weighted by Crippen LogP contribution is 2.35. The third kappa shape index (κ3) is 1.73. The topological polar surface area (TPSA) is 43.4 Å². The molecule has 0 aromatic carbocycles. The molecule has 0 radical (unpaired) electrons. The van der Waals surface area contributed by atoms with Crippen LogP contribution >= 0.6 is 11.8 Å². The number of esters is 1. The Bertz CT molecular complexity index is 217. The average Bonchev–Trinajstić information content (AvgIpc) is 2.18. The minimum atomic E-state index is -0.850. The summed E-state index contributed by atoms with van der Waals surface area (Å²) < 4.78 is 4.68. The van der Waals surface area contributed by atoms with Gasteiger partial charge in [0.1, 0.15) is 5.41 Å². The van der Waals surface area contributed by atoms with Crippen molar-refractivity contribution in [1.82, 2.24) is 0 Å². The number of hydrogen-bond donors (Lipinski definition) is 0. The second-order valence-corrected chi connectivity index (χ2v) is 4.26. The zero-order chi connectivity index (χ0) is 9.90. The molecule has 0 aromatic heterocycles. The molecule has 0 aliphatic carbocycles. The van der Waals surface area contributed by atoms with E-state index in [2.05, 4.69) is 4.74 Å². The van der Waals surface area contributed by atoms with Crippen LogP contribution in [0.15, 0.2) is 0 Å². The van der Waals surface area contributed by atoms with Crippen LogP contribution in [0.25, 0.3) is 0 Å². The van der Waals surface area contributed by atoms with E-state index in [0.29, 0.717) is 18.6 Å². The first-order chi connectivity index (χ1) is 6.17. The van der Waals surface area contributed by atoms with Crippen molar-refractivity contribution in [2.75, 3.05) is 18.6 Å². The molecule has 0 spiro atoms. The zero-order valence-electron chi connectivity index (χ0n) is 7.96. The molecule has 3 nitrogen and oxygen atoms in total. The SMILES string of the molecule is CCC1(C(=O)OC)CSCCC1=O. The number of methoxy groups -OCH3 is 1. The van der Waals surface area contributed by atoms with E-state index in [1.54, 1.807) is 11.8 Å².